The van der Waals surface area contributed by atoms with Crippen LogP contribution in [0.4, 0.5) is 5.82 Å². The van der Waals surface area contributed by atoms with E-state index in [2.05, 4.69) is 19.5 Å². The number of hydrogen-bond donors (Lipinski definition) is 1. The molecule has 0 unspecified atom stereocenters. The quantitative estimate of drug-likeness (QED) is 0.796. The predicted molar refractivity (Wildman–Crippen MR) is 91.6 cm³/mol. The molecule has 124 valence electrons. The molecule has 1 saturated carbocycles. The van der Waals surface area contributed by atoms with Crippen molar-refractivity contribution in [3.05, 3.63) is 24.7 Å². The molecule has 1 fully saturated rings. The fourth-order valence-electron chi connectivity index (χ4n) is 3.33. The summed E-state index contributed by atoms with van der Waals surface area (Å²) in [4.78, 5) is 17.8. The van der Waals surface area contributed by atoms with E-state index in [1.165, 1.54) is 19.3 Å². The minimum Gasteiger partial charge on any atom is -0.481 e. The molecule has 0 amide bonds. The molecule has 0 saturated heterocycles. The second kappa shape index (κ2) is 6.07. The smallest absolute Gasteiger partial charge is 0.212 e. The number of nitrogens with two attached hydrogens (primary N) is 1. The van der Waals surface area contributed by atoms with Crippen molar-refractivity contribution in [2.24, 2.45) is 0 Å². The Kier molecular flexibility index (Phi) is 3.76. The number of hydrogen-bond acceptors (Lipinski definition) is 6. The summed E-state index contributed by atoms with van der Waals surface area (Å²) < 4.78 is 7.25. The molecule has 0 aromatic carbocycles. The molecule has 0 bridgehead atoms. The molecular formula is C17H20N6O. The highest BCUT2D eigenvalue weighted by Crippen LogP contribution is 2.31. The van der Waals surface area contributed by atoms with Gasteiger partial charge in [0, 0.05) is 23.9 Å². The van der Waals surface area contributed by atoms with Gasteiger partial charge in [-0.05, 0) is 18.9 Å². The first-order chi connectivity index (χ1) is 11.8. The largest absolute Gasteiger partial charge is 0.481 e. The third kappa shape index (κ3) is 2.55. The molecule has 0 spiro atoms. The first kappa shape index (κ1) is 14.9. The molecule has 1 aliphatic rings. The summed E-state index contributed by atoms with van der Waals surface area (Å²) in [6.45, 7) is 0. The molecule has 3 aromatic rings. The number of methoxy groups -OCH3 is 1. The number of rotatable bonds is 3. The normalized spacial score (nSPS) is 15.7. The van der Waals surface area contributed by atoms with E-state index in [0.717, 1.165) is 24.1 Å². The topological polar surface area (TPSA) is 91.7 Å². The number of anilines is 1. The average molecular weight is 324 g/mol. The Morgan fingerprint density at radius 1 is 1.12 bits per heavy atom. The lowest BCUT2D eigenvalue weighted by molar-refractivity contribution is 0.358. The van der Waals surface area contributed by atoms with Crippen LogP contribution in [0.15, 0.2) is 24.7 Å². The summed E-state index contributed by atoms with van der Waals surface area (Å²) in [6.07, 6.45) is 9.68. The third-order valence-corrected chi connectivity index (χ3v) is 4.62. The van der Waals surface area contributed by atoms with Gasteiger partial charge in [0.05, 0.1) is 13.4 Å². The minimum atomic E-state index is 0.403. The highest BCUT2D eigenvalue weighted by Gasteiger charge is 2.20. The molecular weight excluding hydrogens is 304 g/mol. The van der Waals surface area contributed by atoms with Crippen molar-refractivity contribution >= 4 is 17.0 Å². The van der Waals surface area contributed by atoms with Crippen molar-refractivity contribution in [1.82, 2.24) is 24.5 Å². The van der Waals surface area contributed by atoms with Crippen LogP contribution in [0.2, 0.25) is 0 Å². The zero-order valence-corrected chi connectivity index (χ0v) is 13.6. The van der Waals surface area contributed by atoms with Crippen LogP contribution in [0, 0.1) is 0 Å². The SMILES string of the molecule is COc1ccc(-c2nc(N)c3ncn(C4CCCCC4)c3n2)cn1. The van der Waals surface area contributed by atoms with E-state index in [-0.39, 0.29) is 0 Å². The van der Waals surface area contributed by atoms with Crippen LogP contribution in [0.25, 0.3) is 22.6 Å². The first-order valence-corrected chi connectivity index (χ1v) is 8.26. The van der Waals surface area contributed by atoms with Crippen LogP contribution in [0.5, 0.6) is 5.88 Å². The van der Waals surface area contributed by atoms with Gasteiger partial charge < -0.3 is 15.0 Å². The standard InChI is InChI=1S/C17H20N6O/c1-24-13-8-7-11(9-19-13)16-21-15(18)14-17(22-16)23(10-20-14)12-5-3-2-4-6-12/h7-10,12H,2-6H2,1H3,(H2,18,21,22). The van der Waals surface area contributed by atoms with Gasteiger partial charge in [-0.25, -0.2) is 19.9 Å². The van der Waals surface area contributed by atoms with E-state index in [1.54, 1.807) is 19.4 Å². The molecule has 24 heavy (non-hydrogen) atoms. The zero-order chi connectivity index (χ0) is 16.5. The summed E-state index contributed by atoms with van der Waals surface area (Å²) in [5.41, 5.74) is 8.41. The van der Waals surface area contributed by atoms with Crippen LogP contribution in [-0.4, -0.2) is 31.6 Å². The summed E-state index contributed by atoms with van der Waals surface area (Å²) >= 11 is 0. The molecule has 0 atom stereocenters. The van der Waals surface area contributed by atoms with Gasteiger partial charge in [-0.3, -0.25) is 0 Å². The fraction of sp³-hybridized carbons (Fsp3) is 0.412. The Hall–Kier alpha value is -2.70. The van der Waals surface area contributed by atoms with Gasteiger partial charge in [0.25, 0.3) is 0 Å². The number of nitrogen functional groups attached to an aromatic ring is 1. The highest BCUT2D eigenvalue weighted by atomic mass is 16.5. The maximum Gasteiger partial charge on any atom is 0.212 e. The van der Waals surface area contributed by atoms with Crippen LogP contribution in [-0.2, 0) is 0 Å². The van der Waals surface area contributed by atoms with E-state index in [4.69, 9.17) is 15.5 Å². The van der Waals surface area contributed by atoms with Crippen LogP contribution < -0.4 is 10.5 Å². The molecule has 7 heteroatoms. The summed E-state index contributed by atoms with van der Waals surface area (Å²) in [6, 6.07) is 4.12. The molecule has 2 N–H and O–H groups in total. The second-order valence-electron chi connectivity index (χ2n) is 6.14. The van der Waals surface area contributed by atoms with Gasteiger partial charge in [0.2, 0.25) is 5.88 Å². The number of fused-ring (bicyclic) bond motifs is 1. The molecule has 7 nitrogen and oxygen atoms in total. The Labute approximate surface area is 139 Å². The molecule has 1 aliphatic carbocycles. The van der Waals surface area contributed by atoms with E-state index in [1.807, 2.05) is 12.4 Å². The van der Waals surface area contributed by atoms with Gasteiger partial charge in [-0.2, -0.15) is 0 Å². The number of pyridine rings is 1. The minimum absolute atomic E-state index is 0.403. The van der Waals surface area contributed by atoms with Gasteiger partial charge >= 0.3 is 0 Å². The van der Waals surface area contributed by atoms with Crippen LogP contribution in [0.3, 0.4) is 0 Å². The number of aromatic nitrogens is 5. The van der Waals surface area contributed by atoms with Crippen LogP contribution >= 0.6 is 0 Å². The van der Waals surface area contributed by atoms with E-state index >= 15 is 0 Å². The first-order valence-electron chi connectivity index (χ1n) is 8.26. The van der Waals surface area contributed by atoms with Crippen molar-refractivity contribution in [3.8, 4) is 17.3 Å². The molecule has 3 aromatic heterocycles. The van der Waals surface area contributed by atoms with E-state index < -0.39 is 0 Å². The maximum atomic E-state index is 6.12. The van der Waals surface area contributed by atoms with E-state index in [0.29, 0.717) is 29.1 Å². The monoisotopic (exact) mass is 324 g/mol. The lowest BCUT2D eigenvalue weighted by Gasteiger charge is -2.23. The van der Waals surface area contributed by atoms with Gasteiger partial charge in [0.1, 0.15) is 5.52 Å². The third-order valence-electron chi connectivity index (χ3n) is 4.62. The number of nitrogens with zero attached hydrogens (tertiary/aromatic N) is 5. The van der Waals surface area contributed by atoms with Gasteiger partial charge in [-0.15, -0.1) is 0 Å². The Bertz CT molecular complexity index is 851. The van der Waals surface area contributed by atoms with Crippen molar-refractivity contribution < 1.29 is 4.74 Å². The summed E-state index contributed by atoms with van der Waals surface area (Å²) in [5.74, 6) is 1.52. The molecule has 3 heterocycles. The predicted octanol–water partition coefficient (Wildman–Crippen LogP) is 2.98. The lowest BCUT2D eigenvalue weighted by Crippen LogP contribution is -2.12. The zero-order valence-electron chi connectivity index (χ0n) is 13.6. The van der Waals surface area contributed by atoms with Gasteiger partial charge in [-0.1, -0.05) is 19.3 Å². The molecule has 0 aliphatic heterocycles. The average Bonchev–Trinajstić information content (AvgIpc) is 3.07. The highest BCUT2D eigenvalue weighted by molar-refractivity contribution is 5.83. The Balaban J connectivity index is 1.79. The number of imidazole rings is 1. The van der Waals surface area contributed by atoms with Gasteiger partial charge in [0.15, 0.2) is 17.3 Å². The van der Waals surface area contributed by atoms with Crippen molar-refractivity contribution in [3.63, 3.8) is 0 Å². The lowest BCUT2D eigenvalue weighted by atomic mass is 9.95. The Morgan fingerprint density at radius 2 is 1.96 bits per heavy atom. The summed E-state index contributed by atoms with van der Waals surface area (Å²) in [5, 5.41) is 0. The fourth-order valence-corrected chi connectivity index (χ4v) is 3.33. The van der Waals surface area contributed by atoms with Crippen molar-refractivity contribution in [2.75, 3.05) is 12.8 Å². The second-order valence-corrected chi connectivity index (χ2v) is 6.14. The molecule has 4 rings (SSSR count). The van der Waals surface area contributed by atoms with Crippen molar-refractivity contribution in [2.45, 2.75) is 38.1 Å². The Morgan fingerprint density at radius 3 is 2.67 bits per heavy atom. The maximum absolute atomic E-state index is 6.12. The summed E-state index contributed by atoms with van der Waals surface area (Å²) in [7, 11) is 1.59. The molecule has 0 radical (unpaired) electrons. The van der Waals surface area contributed by atoms with Crippen LogP contribution in [0.1, 0.15) is 38.1 Å². The number of ether oxygens (including phenoxy) is 1. The van der Waals surface area contributed by atoms with E-state index in [9.17, 15) is 0 Å². The van der Waals surface area contributed by atoms with Crippen molar-refractivity contribution in [1.29, 1.82) is 0 Å².